The van der Waals surface area contributed by atoms with Gasteiger partial charge >= 0.3 is 0 Å². The molecule has 0 spiro atoms. The first kappa shape index (κ1) is 37.7. The molecule has 2 aromatic heterocycles. The average Bonchev–Trinajstić information content (AvgIpc) is 3.55. The van der Waals surface area contributed by atoms with E-state index in [0.717, 1.165) is 32.7 Å². The molecule has 0 aliphatic heterocycles. The fourth-order valence-corrected chi connectivity index (χ4v) is 6.63. The molecule has 4 aromatic carbocycles. The molecular formula is C35H33ClFN5O6S3. The first-order valence-electron chi connectivity index (χ1n) is 15.3. The maximum Gasteiger partial charge on any atom is 0.294 e. The number of hydrogen-bond donors (Lipinski definition) is 3. The van der Waals surface area contributed by atoms with E-state index in [4.69, 9.17) is 25.9 Å². The van der Waals surface area contributed by atoms with E-state index in [0.29, 0.717) is 40.9 Å². The molecule has 2 heterocycles. The van der Waals surface area contributed by atoms with Crippen LogP contribution in [0.15, 0.2) is 102 Å². The lowest BCUT2D eigenvalue weighted by molar-refractivity contribution is 0.306. The molecule has 266 valence electrons. The van der Waals surface area contributed by atoms with Gasteiger partial charge in [0, 0.05) is 41.4 Å². The Morgan fingerprint density at radius 1 is 0.961 bits per heavy atom. The largest absolute Gasteiger partial charge is 0.487 e. The van der Waals surface area contributed by atoms with E-state index in [9.17, 15) is 21.2 Å². The van der Waals surface area contributed by atoms with Crippen LogP contribution in [0.2, 0.25) is 5.02 Å². The van der Waals surface area contributed by atoms with Gasteiger partial charge in [-0.1, -0.05) is 47.5 Å². The number of nitrogens with one attached hydrogen (secondary N) is 2. The SMILES string of the molecule is CS(=O)(=O)CCNCc1nc(-c2ccc3ncnc(Nc4ccc(OCc5cccc(F)c5)c(Cl)c4)c3c2)cs1.Cc1ccc(S(=O)(=O)O)cc1. The predicted octanol–water partition coefficient (Wildman–Crippen LogP) is 7.24. The van der Waals surface area contributed by atoms with Gasteiger partial charge in [0.25, 0.3) is 10.1 Å². The third kappa shape index (κ3) is 11.2. The highest BCUT2D eigenvalue weighted by molar-refractivity contribution is 7.90. The highest BCUT2D eigenvalue weighted by Crippen LogP contribution is 2.32. The second-order valence-electron chi connectivity index (χ2n) is 11.4. The first-order chi connectivity index (χ1) is 24.2. The number of fused-ring (bicyclic) bond motifs is 1. The molecule has 0 atom stereocenters. The van der Waals surface area contributed by atoms with Gasteiger partial charge in [0.05, 0.1) is 26.9 Å². The Bertz CT molecular complexity index is 2360. The van der Waals surface area contributed by atoms with Gasteiger partial charge in [-0.25, -0.2) is 27.8 Å². The molecule has 0 unspecified atom stereocenters. The number of ether oxygens (including phenoxy) is 1. The number of thiazole rings is 1. The minimum Gasteiger partial charge on any atom is -0.487 e. The van der Waals surface area contributed by atoms with Gasteiger partial charge in [-0.15, -0.1) is 11.3 Å². The van der Waals surface area contributed by atoms with Crippen molar-refractivity contribution in [1.29, 1.82) is 0 Å². The van der Waals surface area contributed by atoms with Crippen molar-refractivity contribution in [2.75, 3.05) is 23.9 Å². The van der Waals surface area contributed by atoms with E-state index in [1.165, 1.54) is 48.2 Å². The number of aryl methyl sites for hydroxylation is 1. The predicted molar refractivity (Wildman–Crippen MR) is 199 cm³/mol. The maximum atomic E-state index is 13.4. The summed E-state index contributed by atoms with van der Waals surface area (Å²) in [5.41, 5.74) is 4.85. The Hall–Kier alpha value is -4.51. The zero-order valence-electron chi connectivity index (χ0n) is 27.4. The number of hydrogen-bond acceptors (Lipinski definition) is 11. The molecule has 0 aliphatic carbocycles. The average molecular weight is 770 g/mol. The van der Waals surface area contributed by atoms with Crippen LogP contribution in [0.25, 0.3) is 22.2 Å². The molecular weight excluding hydrogens is 737 g/mol. The van der Waals surface area contributed by atoms with Gasteiger partial charge in [0.15, 0.2) is 0 Å². The van der Waals surface area contributed by atoms with Gasteiger partial charge in [0.2, 0.25) is 0 Å². The summed E-state index contributed by atoms with van der Waals surface area (Å²) in [6, 6.07) is 23.4. The summed E-state index contributed by atoms with van der Waals surface area (Å²) in [7, 11) is -7.02. The Morgan fingerprint density at radius 2 is 1.75 bits per heavy atom. The van der Waals surface area contributed by atoms with Crippen LogP contribution >= 0.6 is 22.9 Å². The summed E-state index contributed by atoms with van der Waals surface area (Å²) >= 11 is 7.98. The smallest absolute Gasteiger partial charge is 0.294 e. The topological polar surface area (TPSA) is 160 Å². The van der Waals surface area contributed by atoms with Crippen molar-refractivity contribution in [2.24, 2.45) is 0 Å². The van der Waals surface area contributed by atoms with E-state index in [1.54, 1.807) is 36.4 Å². The zero-order valence-corrected chi connectivity index (χ0v) is 30.6. The number of halogens is 2. The molecule has 0 aliphatic rings. The molecule has 6 aromatic rings. The van der Waals surface area contributed by atoms with Crippen molar-refractivity contribution in [2.45, 2.75) is 25.0 Å². The van der Waals surface area contributed by atoms with Crippen LogP contribution < -0.4 is 15.4 Å². The van der Waals surface area contributed by atoms with E-state index in [2.05, 4.69) is 20.6 Å². The van der Waals surface area contributed by atoms with Crippen LogP contribution in [0.4, 0.5) is 15.9 Å². The van der Waals surface area contributed by atoms with Crippen molar-refractivity contribution in [3.05, 3.63) is 124 Å². The quantitative estimate of drug-likeness (QED) is 0.0850. The molecule has 0 saturated heterocycles. The second kappa shape index (κ2) is 16.7. The van der Waals surface area contributed by atoms with Crippen LogP contribution in [-0.2, 0) is 33.1 Å². The number of rotatable bonds is 12. The number of aromatic nitrogens is 3. The van der Waals surface area contributed by atoms with Gasteiger partial charge in [-0.2, -0.15) is 8.42 Å². The maximum absolute atomic E-state index is 13.4. The van der Waals surface area contributed by atoms with Gasteiger partial charge in [-0.05, 0) is 67.1 Å². The molecule has 16 heteroatoms. The molecule has 3 N–H and O–H groups in total. The Labute approximate surface area is 304 Å². The molecule has 0 bridgehead atoms. The number of benzene rings is 4. The summed E-state index contributed by atoms with van der Waals surface area (Å²) in [4.78, 5) is 13.4. The standard InChI is InChI=1S/C28H25ClFN5O3S2.C7H8O3S/c1-40(36,37)10-9-31-14-27-35-25(16-39-27)19-5-7-24-22(12-19)28(33-17-32-24)34-21-6-8-26(23(29)13-21)38-15-18-3-2-4-20(30)11-18;1-6-2-4-7(5-3-6)11(8,9)10/h2-8,11-13,16-17,31H,9-10,14-15H2,1H3,(H,32,33,34);2-5H,1H3,(H,8,9,10). The van der Waals surface area contributed by atoms with Crippen molar-refractivity contribution >= 4 is 65.3 Å². The lowest BCUT2D eigenvalue weighted by atomic mass is 10.1. The van der Waals surface area contributed by atoms with Gasteiger partial charge in [-0.3, -0.25) is 4.55 Å². The molecule has 6 rings (SSSR count). The summed E-state index contributed by atoms with van der Waals surface area (Å²) in [5, 5.41) is 10.5. The minimum absolute atomic E-state index is 0.0666. The highest BCUT2D eigenvalue weighted by atomic mass is 35.5. The normalized spacial score (nSPS) is 11.5. The van der Waals surface area contributed by atoms with Crippen LogP contribution in [0, 0.1) is 12.7 Å². The van der Waals surface area contributed by atoms with E-state index >= 15 is 0 Å². The first-order valence-corrected chi connectivity index (χ1v) is 20.1. The second-order valence-corrected chi connectivity index (χ2v) is 16.4. The third-order valence-electron chi connectivity index (χ3n) is 7.21. The summed E-state index contributed by atoms with van der Waals surface area (Å²) in [6.45, 7) is 2.90. The van der Waals surface area contributed by atoms with E-state index < -0.39 is 20.0 Å². The lowest BCUT2D eigenvalue weighted by Gasteiger charge is -2.12. The fourth-order valence-electron chi connectivity index (χ4n) is 4.62. The van der Waals surface area contributed by atoms with Crippen molar-refractivity contribution < 1.29 is 30.5 Å². The summed E-state index contributed by atoms with van der Waals surface area (Å²) in [6.07, 6.45) is 2.71. The van der Waals surface area contributed by atoms with Crippen LogP contribution in [0.5, 0.6) is 5.75 Å². The van der Waals surface area contributed by atoms with Crippen molar-refractivity contribution in [3.8, 4) is 17.0 Å². The van der Waals surface area contributed by atoms with E-state index in [-0.39, 0.29) is 23.1 Å². The van der Waals surface area contributed by atoms with Crippen LogP contribution in [-0.4, -0.2) is 54.9 Å². The molecule has 11 nitrogen and oxygen atoms in total. The zero-order chi connectivity index (χ0) is 36.6. The molecule has 0 fully saturated rings. The minimum atomic E-state index is -4.02. The summed E-state index contributed by atoms with van der Waals surface area (Å²) in [5.74, 6) is 0.855. The molecule has 0 amide bonds. The monoisotopic (exact) mass is 769 g/mol. The Kier molecular flexibility index (Phi) is 12.3. The molecule has 0 radical (unpaired) electrons. The third-order valence-corrected chi connectivity index (χ3v) is 10.2. The lowest BCUT2D eigenvalue weighted by Crippen LogP contribution is -2.21. The Morgan fingerprint density at radius 3 is 2.45 bits per heavy atom. The number of anilines is 2. The number of sulfone groups is 1. The van der Waals surface area contributed by atoms with Crippen LogP contribution in [0.1, 0.15) is 16.1 Å². The van der Waals surface area contributed by atoms with Gasteiger partial charge < -0.3 is 15.4 Å². The van der Waals surface area contributed by atoms with Crippen molar-refractivity contribution in [1.82, 2.24) is 20.3 Å². The molecule has 0 saturated carbocycles. The van der Waals surface area contributed by atoms with Gasteiger partial charge in [0.1, 0.15) is 45.2 Å². The highest BCUT2D eigenvalue weighted by Gasteiger charge is 2.12. The Balaban J connectivity index is 0.000000392. The summed E-state index contributed by atoms with van der Waals surface area (Å²) < 4.78 is 71.4. The van der Waals surface area contributed by atoms with Crippen LogP contribution in [0.3, 0.4) is 0 Å². The molecule has 51 heavy (non-hydrogen) atoms. The fraction of sp³-hybridized carbons (Fsp3) is 0.171. The van der Waals surface area contributed by atoms with Crippen molar-refractivity contribution in [3.63, 3.8) is 0 Å². The number of nitrogens with zero attached hydrogens (tertiary/aromatic N) is 3. The van der Waals surface area contributed by atoms with E-state index in [1.807, 2.05) is 36.6 Å².